The fraction of sp³-hybridized carbons (Fsp3) is 0.707. The van der Waals surface area contributed by atoms with Gasteiger partial charge in [0.15, 0.2) is 0 Å². The van der Waals surface area contributed by atoms with E-state index in [4.69, 9.17) is 0 Å². The SMILES string of the molecule is Cc1cc2c(c(P(C3CCCCC3)C3CCCCC3)c1)N1Cc3cc(C)cc(P(C4CCCCC4)C4CCCCC4)c3N(C2)C1. The maximum absolute atomic E-state index is 2.88. The minimum absolute atomic E-state index is 0.110. The van der Waals surface area contributed by atoms with Gasteiger partial charge in [-0.2, -0.15) is 0 Å². The molecule has 45 heavy (non-hydrogen) atoms. The molecule has 0 atom stereocenters. The molecule has 4 aliphatic carbocycles. The predicted molar refractivity (Wildman–Crippen MR) is 200 cm³/mol. The van der Waals surface area contributed by atoms with Crippen molar-refractivity contribution in [3.05, 3.63) is 46.5 Å². The zero-order valence-corrected chi connectivity index (χ0v) is 30.5. The van der Waals surface area contributed by atoms with E-state index in [9.17, 15) is 0 Å². The number of hydrogen-bond acceptors (Lipinski definition) is 2. The third-order valence-electron chi connectivity index (χ3n) is 12.8. The second-order valence-corrected chi connectivity index (χ2v) is 21.6. The Bertz CT molecular complexity index is 1190. The first-order valence-corrected chi connectivity index (χ1v) is 22.4. The summed E-state index contributed by atoms with van der Waals surface area (Å²) in [7, 11) is -0.220. The Morgan fingerprint density at radius 1 is 0.444 bits per heavy atom. The normalized spacial score (nSPS) is 23.9. The molecule has 0 saturated heterocycles. The van der Waals surface area contributed by atoms with Gasteiger partial charge in [-0.15, -0.1) is 0 Å². The van der Waals surface area contributed by atoms with Crippen LogP contribution in [0.15, 0.2) is 24.3 Å². The Hall–Kier alpha value is -1.10. The van der Waals surface area contributed by atoms with E-state index < -0.39 is 0 Å². The third kappa shape index (κ3) is 6.28. The average molecular weight is 643 g/mol. The Kier molecular flexibility index (Phi) is 9.56. The van der Waals surface area contributed by atoms with E-state index in [1.54, 1.807) is 22.5 Å². The van der Waals surface area contributed by atoms with E-state index in [0.29, 0.717) is 0 Å². The van der Waals surface area contributed by atoms with Crippen LogP contribution in [0.5, 0.6) is 0 Å². The van der Waals surface area contributed by atoms with Crippen LogP contribution < -0.4 is 20.4 Å². The molecule has 244 valence electrons. The van der Waals surface area contributed by atoms with E-state index in [1.165, 1.54) is 140 Å². The monoisotopic (exact) mass is 642 g/mol. The summed E-state index contributed by atoms with van der Waals surface area (Å²) in [6.45, 7) is 8.20. The van der Waals surface area contributed by atoms with Crippen LogP contribution in [0.1, 0.15) is 151 Å². The van der Waals surface area contributed by atoms with Gasteiger partial charge in [-0.1, -0.05) is 116 Å². The molecule has 4 fully saturated rings. The van der Waals surface area contributed by atoms with E-state index in [1.807, 2.05) is 10.6 Å². The standard InChI is InChI=1S/C41H60N2P2/c1-30-23-32-27-42-29-43(40(32)38(25-30)44(34-15-7-3-8-16-34)35-17-9-4-10-18-35)28-33-24-31(2)26-39(41(33)42)45(36-19-11-5-12-20-36)37-21-13-6-14-22-37/h23-26,34-37H,3-22,27-29H2,1-2H3. The molecule has 8 rings (SSSR count). The van der Waals surface area contributed by atoms with Crippen molar-refractivity contribution in [1.29, 1.82) is 0 Å². The number of anilines is 2. The maximum atomic E-state index is 2.88. The molecule has 0 aromatic heterocycles. The molecule has 2 aromatic rings. The summed E-state index contributed by atoms with van der Waals surface area (Å²) in [6, 6.07) is 10.6. The summed E-state index contributed by atoms with van der Waals surface area (Å²) < 4.78 is 0. The van der Waals surface area contributed by atoms with Gasteiger partial charge in [0.25, 0.3) is 0 Å². The van der Waals surface area contributed by atoms with Crippen LogP contribution in [0.25, 0.3) is 0 Å². The van der Waals surface area contributed by atoms with Gasteiger partial charge in [0, 0.05) is 23.7 Å². The summed E-state index contributed by atoms with van der Waals surface area (Å²) in [6.07, 6.45) is 29.6. The lowest BCUT2D eigenvalue weighted by atomic mass is 9.98. The largest absolute Gasteiger partial charge is 0.349 e. The zero-order chi connectivity index (χ0) is 30.3. The van der Waals surface area contributed by atoms with Crippen molar-refractivity contribution in [2.75, 3.05) is 16.5 Å². The zero-order valence-electron chi connectivity index (χ0n) is 28.7. The molecule has 2 aliphatic heterocycles. The van der Waals surface area contributed by atoms with Crippen LogP contribution in [0.2, 0.25) is 0 Å². The van der Waals surface area contributed by atoms with E-state index in [-0.39, 0.29) is 15.8 Å². The summed E-state index contributed by atoms with van der Waals surface area (Å²) in [5, 5.41) is 3.67. The fourth-order valence-electron chi connectivity index (χ4n) is 10.9. The van der Waals surface area contributed by atoms with Crippen molar-refractivity contribution in [3.63, 3.8) is 0 Å². The molecule has 2 heterocycles. The predicted octanol–water partition coefficient (Wildman–Crippen LogP) is 11.1. The second-order valence-electron chi connectivity index (χ2n) is 16.1. The van der Waals surface area contributed by atoms with Crippen LogP contribution >= 0.6 is 15.8 Å². The molecule has 2 aromatic carbocycles. The lowest BCUT2D eigenvalue weighted by Gasteiger charge is -2.50. The molecule has 0 N–H and O–H groups in total. The number of rotatable bonds is 6. The fourth-order valence-corrected chi connectivity index (χ4v) is 19.1. The number of aryl methyl sites for hydroxylation is 2. The van der Waals surface area contributed by atoms with Crippen molar-refractivity contribution < 1.29 is 0 Å². The number of benzene rings is 2. The molecule has 6 aliphatic rings. The molecule has 0 radical (unpaired) electrons. The summed E-state index contributed by atoms with van der Waals surface area (Å²) in [5.41, 5.74) is 13.6. The van der Waals surface area contributed by atoms with Crippen LogP contribution in [0.4, 0.5) is 11.4 Å². The van der Waals surface area contributed by atoms with Crippen molar-refractivity contribution in [3.8, 4) is 0 Å². The van der Waals surface area contributed by atoms with Crippen LogP contribution in [-0.4, -0.2) is 29.3 Å². The first-order chi connectivity index (χ1) is 22.1. The van der Waals surface area contributed by atoms with E-state index in [0.717, 1.165) is 42.4 Å². The van der Waals surface area contributed by atoms with Gasteiger partial charge < -0.3 is 9.80 Å². The summed E-state index contributed by atoms with van der Waals surface area (Å²) in [5.74, 6) is 0. The lowest BCUT2D eigenvalue weighted by Crippen LogP contribution is -2.50. The van der Waals surface area contributed by atoms with Crippen molar-refractivity contribution in [1.82, 2.24) is 0 Å². The quantitative estimate of drug-likeness (QED) is 0.289. The van der Waals surface area contributed by atoms with E-state index in [2.05, 4.69) is 47.9 Å². The molecule has 2 bridgehead atoms. The first kappa shape index (κ1) is 31.2. The lowest BCUT2D eigenvalue weighted by molar-refractivity contribution is 0.486. The minimum atomic E-state index is -0.110. The molecule has 0 amide bonds. The highest BCUT2D eigenvalue weighted by Gasteiger charge is 2.41. The van der Waals surface area contributed by atoms with Crippen molar-refractivity contribution in [2.45, 2.75) is 178 Å². The number of hydrogen-bond donors (Lipinski definition) is 0. The number of nitrogens with zero attached hydrogens (tertiary/aromatic N) is 2. The Morgan fingerprint density at radius 2 is 0.756 bits per heavy atom. The highest BCUT2D eigenvalue weighted by molar-refractivity contribution is 7.67. The highest BCUT2D eigenvalue weighted by Crippen LogP contribution is 2.59. The molecular weight excluding hydrogens is 582 g/mol. The van der Waals surface area contributed by atoms with Crippen LogP contribution in [0.3, 0.4) is 0 Å². The van der Waals surface area contributed by atoms with Gasteiger partial charge >= 0.3 is 0 Å². The van der Waals surface area contributed by atoms with Gasteiger partial charge in [-0.25, -0.2) is 0 Å². The Balaban J connectivity index is 1.20. The van der Waals surface area contributed by atoms with Gasteiger partial charge in [-0.05, 0) is 111 Å². The highest BCUT2D eigenvalue weighted by atomic mass is 31.1. The topological polar surface area (TPSA) is 6.48 Å². The molecular formula is C41H60N2P2. The molecule has 2 nitrogen and oxygen atoms in total. The van der Waals surface area contributed by atoms with Gasteiger partial charge in [0.2, 0.25) is 0 Å². The van der Waals surface area contributed by atoms with Crippen LogP contribution in [-0.2, 0) is 13.1 Å². The molecule has 4 heteroatoms. The van der Waals surface area contributed by atoms with Crippen molar-refractivity contribution in [2.24, 2.45) is 0 Å². The number of fused-ring (bicyclic) bond motifs is 6. The van der Waals surface area contributed by atoms with E-state index >= 15 is 0 Å². The van der Waals surface area contributed by atoms with Gasteiger partial charge in [-0.3, -0.25) is 0 Å². The van der Waals surface area contributed by atoms with Crippen molar-refractivity contribution >= 4 is 37.8 Å². The van der Waals surface area contributed by atoms with Crippen LogP contribution in [0, 0.1) is 13.8 Å². The first-order valence-electron chi connectivity index (χ1n) is 19.5. The van der Waals surface area contributed by atoms with Gasteiger partial charge in [0.05, 0.1) is 18.0 Å². The Morgan fingerprint density at radius 3 is 1.07 bits per heavy atom. The summed E-state index contributed by atoms with van der Waals surface area (Å²) in [4.78, 5) is 5.76. The Labute approximate surface area is 278 Å². The average Bonchev–Trinajstić information content (AvgIpc) is 3.06. The molecule has 4 saturated carbocycles. The minimum Gasteiger partial charge on any atom is -0.349 e. The molecule has 0 spiro atoms. The second kappa shape index (κ2) is 13.8. The van der Waals surface area contributed by atoms with Gasteiger partial charge in [0.1, 0.15) is 0 Å². The maximum Gasteiger partial charge on any atom is 0.0910 e. The third-order valence-corrected chi connectivity index (χ3v) is 19.8. The smallest absolute Gasteiger partial charge is 0.0910 e. The molecule has 0 unspecified atom stereocenters. The summed E-state index contributed by atoms with van der Waals surface area (Å²) >= 11 is 0.